The Kier molecular flexibility index (Phi) is 4.70. The molecular formula is C19H28FNO3. The number of amides is 1. The fourth-order valence-electron chi connectivity index (χ4n) is 3.00. The van der Waals surface area contributed by atoms with E-state index >= 15 is 0 Å². The van der Waals surface area contributed by atoms with E-state index in [-0.39, 0.29) is 35.6 Å². The maximum Gasteiger partial charge on any atom is 0.254 e. The molecule has 0 bridgehead atoms. The fourth-order valence-corrected chi connectivity index (χ4v) is 3.00. The molecule has 4 nitrogen and oxygen atoms in total. The second-order valence-electron chi connectivity index (χ2n) is 8.71. The Morgan fingerprint density at radius 3 is 1.88 bits per heavy atom. The molecule has 2 N–H and O–H groups in total. The first kappa shape index (κ1) is 18.7. The van der Waals surface area contributed by atoms with E-state index in [0.717, 1.165) is 0 Å². The molecule has 134 valence electrons. The molecule has 1 heterocycles. The third-order valence-corrected chi connectivity index (χ3v) is 4.48. The summed E-state index contributed by atoms with van der Waals surface area (Å²) in [5.41, 5.74) is 1.12. The highest BCUT2D eigenvalue weighted by atomic mass is 19.1. The molecule has 1 amide bonds. The second-order valence-corrected chi connectivity index (χ2v) is 8.71. The summed E-state index contributed by atoms with van der Waals surface area (Å²) < 4.78 is 13.6. The lowest BCUT2D eigenvalue weighted by atomic mass is 9.78. The zero-order valence-corrected chi connectivity index (χ0v) is 15.4. The van der Waals surface area contributed by atoms with Gasteiger partial charge in [-0.1, -0.05) is 41.5 Å². The Morgan fingerprint density at radius 2 is 1.54 bits per heavy atom. The Bertz CT molecular complexity index is 598. The van der Waals surface area contributed by atoms with Crippen LogP contribution in [0.15, 0.2) is 12.1 Å². The van der Waals surface area contributed by atoms with Crippen LogP contribution in [0.25, 0.3) is 0 Å². The highest BCUT2D eigenvalue weighted by Gasteiger charge is 2.35. The van der Waals surface area contributed by atoms with E-state index in [4.69, 9.17) is 0 Å². The van der Waals surface area contributed by atoms with Crippen molar-refractivity contribution in [1.29, 1.82) is 0 Å². The number of aliphatic hydroxyl groups excluding tert-OH is 1. The summed E-state index contributed by atoms with van der Waals surface area (Å²) >= 11 is 0. The van der Waals surface area contributed by atoms with Crippen molar-refractivity contribution in [1.82, 2.24) is 4.90 Å². The predicted molar refractivity (Wildman–Crippen MR) is 92.3 cm³/mol. The van der Waals surface area contributed by atoms with E-state index in [1.54, 1.807) is 12.1 Å². The number of halogens is 1. The molecule has 1 aliphatic rings. The highest BCUT2D eigenvalue weighted by molar-refractivity contribution is 5.95. The third kappa shape index (κ3) is 3.56. The number of rotatable bonds is 1. The number of β-amino-alcohol motifs (C(OH)–C–C–N with tert-alkyl or cyclic N) is 1. The van der Waals surface area contributed by atoms with Gasteiger partial charge in [-0.3, -0.25) is 4.79 Å². The van der Waals surface area contributed by atoms with Gasteiger partial charge in [-0.2, -0.15) is 0 Å². The van der Waals surface area contributed by atoms with E-state index in [9.17, 15) is 19.4 Å². The van der Waals surface area contributed by atoms with E-state index in [2.05, 4.69) is 0 Å². The first-order valence-corrected chi connectivity index (χ1v) is 8.31. The normalized spacial score (nSPS) is 22.1. The number of carbonyl (C=O) groups is 1. The molecule has 0 spiro atoms. The van der Waals surface area contributed by atoms with Gasteiger partial charge in [0.25, 0.3) is 5.91 Å². The average Bonchev–Trinajstić information content (AvgIpc) is 2.75. The number of likely N-dealkylation sites (tertiary alicyclic amines) is 1. The van der Waals surface area contributed by atoms with Crippen molar-refractivity contribution in [2.75, 3.05) is 13.1 Å². The summed E-state index contributed by atoms with van der Waals surface area (Å²) in [4.78, 5) is 14.1. The average molecular weight is 337 g/mol. The number of benzene rings is 1. The van der Waals surface area contributed by atoms with Gasteiger partial charge in [-0.05, 0) is 23.0 Å². The second kappa shape index (κ2) is 6.03. The number of phenolic OH excluding ortho intramolecular Hbond substituents is 1. The van der Waals surface area contributed by atoms with Crippen molar-refractivity contribution in [3.05, 3.63) is 28.8 Å². The van der Waals surface area contributed by atoms with Crippen molar-refractivity contribution in [3.8, 4) is 5.75 Å². The van der Waals surface area contributed by atoms with Crippen LogP contribution in [0.5, 0.6) is 5.75 Å². The summed E-state index contributed by atoms with van der Waals surface area (Å²) in [5, 5.41) is 20.3. The van der Waals surface area contributed by atoms with Crippen LogP contribution in [0.4, 0.5) is 4.39 Å². The minimum absolute atomic E-state index is 0.00339. The zero-order chi connectivity index (χ0) is 18.4. The maximum atomic E-state index is 13.6. The smallest absolute Gasteiger partial charge is 0.254 e. The van der Waals surface area contributed by atoms with Gasteiger partial charge in [-0.15, -0.1) is 0 Å². The van der Waals surface area contributed by atoms with Crippen molar-refractivity contribution < 1.29 is 19.4 Å². The quantitative estimate of drug-likeness (QED) is 0.827. The third-order valence-electron chi connectivity index (χ3n) is 4.48. The van der Waals surface area contributed by atoms with Gasteiger partial charge in [0.15, 0.2) is 0 Å². The number of carbonyl (C=O) groups excluding carboxylic acids is 1. The van der Waals surface area contributed by atoms with Crippen LogP contribution in [-0.4, -0.2) is 46.4 Å². The minimum Gasteiger partial charge on any atom is -0.507 e. The maximum absolute atomic E-state index is 13.6. The molecule has 0 unspecified atom stereocenters. The molecular weight excluding hydrogens is 309 g/mol. The molecule has 1 saturated heterocycles. The summed E-state index contributed by atoms with van der Waals surface area (Å²) in [6.07, 6.45) is -2.54. The topological polar surface area (TPSA) is 60.8 Å². The van der Waals surface area contributed by atoms with Crippen LogP contribution in [0.1, 0.15) is 63.0 Å². The molecule has 1 aliphatic heterocycles. The molecule has 5 heteroatoms. The summed E-state index contributed by atoms with van der Waals surface area (Å²) in [6.45, 7) is 11.7. The lowest BCUT2D eigenvalue weighted by Crippen LogP contribution is -2.30. The number of alkyl halides is 1. The van der Waals surface area contributed by atoms with Crippen LogP contribution >= 0.6 is 0 Å². The van der Waals surface area contributed by atoms with Crippen LogP contribution in [0.3, 0.4) is 0 Å². The molecule has 0 radical (unpaired) electrons. The molecule has 24 heavy (non-hydrogen) atoms. The summed E-state index contributed by atoms with van der Waals surface area (Å²) in [6, 6.07) is 3.37. The van der Waals surface area contributed by atoms with Gasteiger partial charge in [0.1, 0.15) is 18.0 Å². The standard InChI is InChI=1S/C19H28FNO3/c1-18(2,3)12-7-11(8-13(16(12)23)19(4,5)6)17(24)21-9-14(20)15(22)10-21/h7-8,14-15,22-23H,9-10H2,1-6H3/t14-,15-/m1/s1. The van der Waals surface area contributed by atoms with Crippen LogP contribution in [0.2, 0.25) is 0 Å². The fraction of sp³-hybridized carbons (Fsp3) is 0.632. The van der Waals surface area contributed by atoms with E-state index < -0.39 is 12.3 Å². The van der Waals surface area contributed by atoms with Crippen LogP contribution in [0, 0.1) is 0 Å². The lowest BCUT2D eigenvalue weighted by Gasteiger charge is -2.28. The van der Waals surface area contributed by atoms with Gasteiger partial charge < -0.3 is 15.1 Å². The Morgan fingerprint density at radius 1 is 1.08 bits per heavy atom. The Balaban J connectivity index is 2.53. The predicted octanol–water partition coefficient (Wildman–Crippen LogP) is 3.14. The molecule has 0 aromatic heterocycles. The molecule has 0 saturated carbocycles. The molecule has 2 atom stereocenters. The largest absolute Gasteiger partial charge is 0.507 e. The van der Waals surface area contributed by atoms with Crippen molar-refractivity contribution in [3.63, 3.8) is 0 Å². The molecule has 1 aromatic rings. The number of aliphatic hydroxyl groups is 1. The summed E-state index contributed by atoms with van der Waals surface area (Å²) in [5.74, 6) is -0.110. The molecule has 2 rings (SSSR count). The van der Waals surface area contributed by atoms with Crippen molar-refractivity contribution >= 4 is 5.91 Å². The van der Waals surface area contributed by atoms with Crippen molar-refractivity contribution in [2.45, 2.75) is 64.6 Å². The SMILES string of the molecule is CC(C)(C)c1cc(C(=O)N2C[C@@H](O)[C@H](F)C2)cc(C(C)(C)C)c1O. The van der Waals surface area contributed by atoms with Gasteiger partial charge >= 0.3 is 0 Å². The monoisotopic (exact) mass is 337 g/mol. The van der Waals surface area contributed by atoms with E-state index in [0.29, 0.717) is 16.7 Å². The number of nitrogens with zero attached hydrogens (tertiary/aromatic N) is 1. The first-order chi connectivity index (χ1) is 10.8. The van der Waals surface area contributed by atoms with Gasteiger partial charge in [0.2, 0.25) is 0 Å². The number of phenols is 1. The van der Waals surface area contributed by atoms with Crippen LogP contribution in [-0.2, 0) is 10.8 Å². The number of hydrogen-bond donors (Lipinski definition) is 2. The number of hydrogen-bond acceptors (Lipinski definition) is 3. The molecule has 0 aliphatic carbocycles. The van der Waals surface area contributed by atoms with Gasteiger partial charge in [-0.25, -0.2) is 4.39 Å². The highest BCUT2D eigenvalue weighted by Crippen LogP contribution is 2.40. The van der Waals surface area contributed by atoms with Gasteiger partial charge in [0.05, 0.1) is 6.54 Å². The first-order valence-electron chi connectivity index (χ1n) is 8.31. The zero-order valence-electron chi connectivity index (χ0n) is 15.4. The molecule has 1 fully saturated rings. The van der Waals surface area contributed by atoms with Gasteiger partial charge in [0, 0.05) is 23.2 Å². The minimum atomic E-state index is -1.41. The van der Waals surface area contributed by atoms with Crippen LogP contribution < -0.4 is 0 Å². The summed E-state index contributed by atoms with van der Waals surface area (Å²) in [7, 11) is 0. The van der Waals surface area contributed by atoms with E-state index in [1.165, 1.54) is 4.90 Å². The Labute approximate surface area is 143 Å². The van der Waals surface area contributed by atoms with Crippen molar-refractivity contribution in [2.24, 2.45) is 0 Å². The number of aromatic hydroxyl groups is 1. The molecule has 1 aromatic carbocycles. The van der Waals surface area contributed by atoms with E-state index in [1.807, 2.05) is 41.5 Å². The lowest BCUT2D eigenvalue weighted by molar-refractivity contribution is 0.0764. The Hall–Kier alpha value is -1.62.